The molecule has 0 aromatic heterocycles. The zero-order valence-electron chi connectivity index (χ0n) is 18.6. The van der Waals surface area contributed by atoms with Crippen LogP contribution in [0.25, 0.3) is 0 Å². The molecule has 2 N–H and O–H groups in total. The summed E-state index contributed by atoms with van der Waals surface area (Å²) in [5.74, 6) is 0.995. The van der Waals surface area contributed by atoms with Crippen molar-refractivity contribution < 1.29 is 9.59 Å². The van der Waals surface area contributed by atoms with Crippen molar-refractivity contribution in [3.8, 4) is 0 Å². The molecule has 2 aliphatic rings. The van der Waals surface area contributed by atoms with Gasteiger partial charge in [0.2, 0.25) is 11.8 Å². The number of nitrogens with zero attached hydrogens (tertiary/aromatic N) is 1. The van der Waals surface area contributed by atoms with E-state index < -0.39 is 6.04 Å². The van der Waals surface area contributed by atoms with Crippen molar-refractivity contribution in [2.45, 2.75) is 97.6 Å². The van der Waals surface area contributed by atoms with Gasteiger partial charge < -0.3 is 15.5 Å². The molecule has 1 aliphatic heterocycles. The highest BCUT2D eigenvalue weighted by Gasteiger charge is 2.30. The van der Waals surface area contributed by atoms with Crippen molar-refractivity contribution in [2.75, 3.05) is 19.6 Å². The first-order chi connectivity index (χ1) is 13.4. The molecule has 1 saturated heterocycles. The summed E-state index contributed by atoms with van der Waals surface area (Å²) in [5, 5.41) is 6.12. The summed E-state index contributed by atoms with van der Waals surface area (Å²) in [6.07, 6.45) is 10.3. The van der Waals surface area contributed by atoms with E-state index in [9.17, 15) is 9.59 Å². The van der Waals surface area contributed by atoms with Gasteiger partial charge in [-0.15, -0.1) is 0 Å². The fraction of sp³-hybridized carbons (Fsp3) is 0.913. The highest BCUT2D eigenvalue weighted by Crippen LogP contribution is 2.30. The minimum Gasteiger partial charge on any atom is -0.354 e. The van der Waals surface area contributed by atoms with Gasteiger partial charge in [-0.1, -0.05) is 33.6 Å². The quantitative estimate of drug-likeness (QED) is 0.587. The van der Waals surface area contributed by atoms with Crippen LogP contribution in [0, 0.1) is 17.8 Å². The van der Waals surface area contributed by atoms with Crippen LogP contribution >= 0.6 is 0 Å². The summed E-state index contributed by atoms with van der Waals surface area (Å²) in [7, 11) is 0. The van der Waals surface area contributed by atoms with E-state index in [1.165, 1.54) is 32.2 Å². The summed E-state index contributed by atoms with van der Waals surface area (Å²) in [6.45, 7) is 11.5. The fourth-order valence-electron chi connectivity index (χ4n) is 4.73. The van der Waals surface area contributed by atoms with E-state index >= 15 is 0 Å². The number of carbonyl (C=O) groups excluding carboxylic acids is 2. The Bertz CT molecular complexity index is 486. The lowest BCUT2D eigenvalue weighted by Crippen LogP contribution is -2.51. The first kappa shape index (κ1) is 23.2. The molecule has 1 aliphatic carbocycles. The smallest absolute Gasteiger partial charge is 0.242 e. The molecule has 0 unspecified atom stereocenters. The van der Waals surface area contributed by atoms with Crippen LogP contribution in [0.3, 0.4) is 0 Å². The second-order valence-corrected chi connectivity index (χ2v) is 9.38. The highest BCUT2D eigenvalue weighted by atomic mass is 16.2. The maximum Gasteiger partial charge on any atom is 0.242 e. The van der Waals surface area contributed by atoms with E-state index in [1.807, 2.05) is 13.8 Å². The van der Waals surface area contributed by atoms with Crippen molar-refractivity contribution in [2.24, 2.45) is 17.8 Å². The van der Waals surface area contributed by atoms with Gasteiger partial charge in [0.05, 0.1) is 0 Å². The Labute approximate surface area is 172 Å². The third kappa shape index (κ3) is 7.06. The molecule has 0 spiro atoms. The van der Waals surface area contributed by atoms with Crippen LogP contribution in [0.1, 0.15) is 85.5 Å². The molecule has 0 bridgehead atoms. The number of hydrogen-bond donors (Lipinski definition) is 2. The van der Waals surface area contributed by atoms with Gasteiger partial charge >= 0.3 is 0 Å². The average Bonchev–Trinajstić information content (AvgIpc) is 2.70. The van der Waals surface area contributed by atoms with E-state index in [2.05, 4.69) is 29.4 Å². The predicted molar refractivity (Wildman–Crippen MR) is 115 cm³/mol. The molecule has 0 aromatic carbocycles. The molecule has 2 atom stereocenters. The van der Waals surface area contributed by atoms with E-state index in [0.717, 1.165) is 44.6 Å². The summed E-state index contributed by atoms with van der Waals surface area (Å²) in [6, 6.07) is 0.236. The van der Waals surface area contributed by atoms with Gasteiger partial charge in [-0.3, -0.25) is 9.59 Å². The van der Waals surface area contributed by atoms with Crippen LogP contribution in [-0.4, -0.2) is 48.4 Å². The van der Waals surface area contributed by atoms with Crippen LogP contribution < -0.4 is 10.6 Å². The predicted octanol–water partition coefficient (Wildman–Crippen LogP) is 3.72. The Morgan fingerprint density at radius 2 is 1.79 bits per heavy atom. The SMILES string of the molecule is CCC1CCC(C(=O)N[C@H](C(=O)NCCCN2CCCC[C@H]2C)C(C)C)CC1. The summed E-state index contributed by atoms with van der Waals surface area (Å²) >= 11 is 0. The molecule has 5 heteroatoms. The lowest BCUT2D eigenvalue weighted by atomic mass is 9.80. The monoisotopic (exact) mass is 393 g/mol. The Morgan fingerprint density at radius 1 is 1.07 bits per heavy atom. The molecule has 0 radical (unpaired) electrons. The molecule has 2 amide bonds. The highest BCUT2D eigenvalue weighted by molar-refractivity contribution is 5.88. The van der Waals surface area contributed by atoms with Gasteiger partial charge in [0.25, 0.3) is 0 Å². The maximum atomic E-state index is 12.7. The lowest BCUT2D eigenvalue weighted by molar-refractivity contribution is -0.132. The second kappa shape index (κ2) is 11.8. The molecular weight excluding hydrogens is 350 g/mol. The Morgan fingerprint density at radius 3 is 2.39 bits per heavy atom. The molecule has 0 aromatic rings. The van der Waals surface area contributed by atoms with Crippen molar-refractivity contribution in [1.29, 1.82) is 0 Å². The largest absolute Gasteiger partial charge is 0.354 e. The molecule has 5 nitrogen and oxygen atoms in total. The van der Waals surface area contributed by atoms with Crippen LogP contribution in [0.2, 0.25) is 0 Å². The van der Waals surface area contributed by atoms with Gasteiger partial charge in [-0.25, -0.2) is 0 Å². The van der Waals surface area contributed by atoms with Gasteiger partial charge in [-0.2, -0.15) is 0 Å². The molecule has 28 heavy (non-hydrogen) atoms. The number of hydrogen-bond acceptors (Lipinski definition) is 3. The number of carbonyl (C=O) groups is 2. The Hall–Kier alpha value is -1.10. The number of rotatable bonds is 9. The zero-order chi connectivity index (χ0) is 20.5. The van der Waals surface area contributed by atoms with Crippen molar-refractivity contribution in [1.82, 2.24) is 15.5 Å². The average molecular weight is 394 g/mol. The third-order valence-corrected chi connectivity index (χ3v) is 6.90. The minimum absolute atomic E-state index is 0.0303. The summed E-state index contributed by atoms with van der Waals surface area (Å²) in [5.41, 5.74) is 0. The molecular formula is C23H43N3O2. The van der Waals surface area contributed by atoms with Crippen LogP contribution in [0.15, 0.2) is 0 Å². The topological polar surface area (TPSA) is 61.4 Å². The van der Waals surface area contributed by atoms with E-state index in [4.69, 9.17) is 0 Å². The van der Waals surface area contributed by atoms with Gasteiger partial charge in [0.15, 0.2) is 0 Å². The molecule has 2 fully saturated rings. The number of amides is 2. The standard InChI is InChI=1S/C23H43N3O2/c1-5-19-10-12-20(13-11-19)22(27)25-21(17(2)3)23(28)24-14-8-16-26-15-7-6-9-18(26)4/h17-21H,5-16H2,1-4H3,(H,24,28)(H,25,27)/t18-,19?,20?,21+/m1/s1. The summed E-state index contributed by atoms with van der Waals surface area (Å²) < 4.78 is 0. The van der Waals surface area contributed by atoms with Crippen molar-refractivity contribution in [3.05, 3.63) is 0 Å². The second-order valence-electron chi connectivity index (χ2n) is 9.38. The fourth-order valence-corrected chi connectivity index (χ4v) is 4.73. The molecule has 162 valence electrons. The van der Waals surface area contributed by atoms with E-state index in [1.54, 1.807) is 0 Å². The van der Waals surface area contributed by atoms with Crippen molar-refractivity contribution >= 4 is 11.8 Å². The zero-order valence-corrected chi connectivity index (χ0v) is 18.6. The molecule has 1 saturated carbocycles. The lowest BCUT2D eigenvalue weighted by Gasteiger charge is -2.33. The molecule has 2 rings (SSSR count). The van der Waals surface area contributed by atoms with Crippen LogP contribution in [0.5, 0.6) is 0 Å². The van der Waals surface area contributed by atoms with E-state index in [-0.39, 0.29) is 23.7 Å². The van der Waals surface area contributed by atoms with Crippen molar-refractivity contribution in [3.63, 3.8) is 0 Å². The Kier molecular flexibility index (Phi) is 9.76. The maximum absolute atomic E-state index is 12.7. The van der Waals surface area contributed by atoms with Crippen LogP contribution in [0.4, 0.5) is 0 Å². The van der Waals surface area contributed by atoms with Gasteiger partial charge in [0, 0.05) is 25.0 Å². The first-order valence-corrected chi connectivity index (χ1v) is 11.7. The Balaban J connectivity index is 1.72. The normalized spacial score (nSPS) is 27.4. The van der Waals surface area contributed by atoms with Gasteiger partial charge in [-0.05, 0) is 70.3 Å². The minimum atomic E-state index is -0.426. The third-order valence-electron chi connectivity index (χ3n) is 6.90. The number of likely N-dealkylation sites (tertiary alicyclic amines) is 1. The van der Waals surface area contributed by atoms with Gasteiger partial charge in [0.1, 0.15) is 6.04 Å². The first-order valence-electron chi connectivity index (χ1n) is 11.7. The summed E-state index contributed by atoms with van der Waals surface area (Å²) in [4.78, 5) is 27.9. The number of piperidine rings is 1. The van der Waals surface area contributed by atoms with E-state index in [0.29, 0.717) is 12.6 Å². The molecule has 1 heterocycles. The number of nitrogens with one attached hydrogen (secondary N) is 2. The van der Waals surface area contributed by atoms with Crippen LogP contribution in [-0.2, 0) is 9.59 Å².